The Morgan fingerprint density at radius 1 is 1.73 bits per heavy atom. The Balaban J connectivity index is 3.10. The molecule has 5 heteroatoms. The first-order valence-electron chi connectivity index (χ1n) is 2.74. The summed E-state index contributed by atoms with van der Waals surface area (Å²) < 4.78 is 9.04. The van der Waals surface area contributed by atoms with E-state index < -0.39 is 17.5 Å². The maximum Gasteiger partial charge on any atom is 0.375 e. The van der Waals surface area contributed by atoms with Crippen molar-refractivity contribution in [1.82, 2.24) is 0 Å². The molecule has 0 atom stereocenters. The van der Waals surface area contributed by atoms with E-state index in [0.29, 0.717) is 0 Å². The number of ether oxygens (including phenoxy) is 1. The summed E-state index contributed by atoms with van der Waals surface area (Å²) in [4.78, 5) is 10.2. The van der Waals surface area contributed by atoms with Gasteiger partial charge >= 0.3 is 5.97 Å². The molecule has 0 aliphatic heterocycles. The number of furan rings is 1. The highest BCUT2D eigenvalue weighted by molar-refractivity contribution is 5.88. The third kappa shape index (κ3) is 1.12. The van der Waals surface area contributed by atoms with Gasteiger partial charge in [-0.1, -0.05) is 0 Å². The first kappa shape index (κ1) is 7.46. The Labute approximate surface area is 61.8 Å². The molecule has 5 nitrogen and oxygen atoms in total. The molecule has 0 aliphatic rings. The predicted octanol–water partition coefficient (Wildman–Crippen LogP) is 0.692. The van der Waals surface area contributed by atoms with Gasteiger partial charge in [0.25, 0.3) is 5.76 Å². The minimum Gasteiger partial charge on any atom is -0.501 e. The van der Waals surface area contributed by atoms with Gasteiger partial charge in [0.2, 0.25) is 5.75 Å². The molecule has 1 heterocycles. The van der Waals surface area contributed by atoms with Crippen molar-refractivity contribution in [3.05, 3.63) is 12.0 Å². The van der Waals surface area contributed by atoms with Crippen molar-refractivity contribution < 1.29 is 24.2 Å². The van der Waals surface area contributed by atoms with E-state index in [1.165, 1.54) is 7.11 Å². The summed E-state index contributed by atoms with van der Waals surface area (Å²) in [7, 11) is 1.30. The lowest BCUT2D eigenvalue weighted by Crippen LogP contribution is -1.93. The van der Waals surface area contributed by atoms with Gasteiger partial charge in [-0.05, 0) is 0 Å². The van der Waals surface area contributed by atoms with Gasteiger partial charge in [-0.15, -0.1) is 0 Å². The van der Waals surface area contributed by atoms with E-state index in [1.54, 1.807) is 0 Å². The average molecular weight is 158 g/mol. The van der Waals surface area contributed by atoms with Gasteiger partial charge in [0.15, 0.2) is 5.75 Å². The van der Waals surface area contributed by atoms with Crippen molar-refractivity contribution in [1.29, 1.82) is 0 Å². The number of hydrogen-bond donors (Lipinski definition) is 2. The number of hydrogen-bond acceptors (Lipinski definition) is 4. The summed E-state index contributed by atoms with van der Waals surface area (Å²) in [6.07, 6.45) is 1.03. The second-order valence-electron chi connectivity index (χ2n) is 1.79. The van der Waals surface area contributed by atoms with E-state index in [0.717, 1.165) is 6.26 Å². The monoisotopic (exact) mass is 158 g/mol. The summed E-state index contributed by atoms with van der Waals surface area (Å²) >= 11 is 0. The smallest absolute Gasteiger partial charge is 0.375 e. The van der Waals surface area contributed by atoms with Crippen LogP contribution in [0.2, 0.25) is 0 Å². The molecular formula is C6H6O5. The predicted molar refractivity (Wildman–Crippen MR) is 33.9 cm³/mol. The zero-order chi connectivity index (χ0) is 8.43. The van der Waals surface area contributed by atoms with Crippen molar-refractivity contribution in [3.8, 4) is 11.5 Å². The van der Waals surface area contributed by atoms with Crippen LogP contribution in [-0.2, 0) is 0 Å². The fourth-order valence-electron chi connectivity index (χ4n) is 0.632. The molecule has 0 fully saturated rings. The molecule has 0 aromatic carbocycles. The summed E-state index contributed by atoms with van der Waals surface area (Å²) in [6.45, 7) is 0. The molecule has 1 aromatic heterocycles. The van der Waals surface area contributed by atoms with Gasteiger partial charge in [-0.3, -0.25) is 0 Å². The molecular weight excluding hydrogens is 152 g/mol. The topological polar surface area (TPSA) is 79.9 Å². The van der Waals surface area contributed by atoms with E-state index in [4.69, 9.17) is 10.2 Å². The van der Waals surface area contributed by atoms with Crippen molar-refractivity contribution >= 4 is 5.97 Å². The Kier molecular flexibility index (Phi) is 1.72. The van der Waals surface area contributed by atoms with Crippen molar-refractivity contribution in [2.24, 2.45) is 0 Å². The second-order valence-corrected chi connectivity index (χ2v) is 1.79. The van der Waals surface area contributed by atoms with Crippen LogP contribution in [0.3, 0.4) is 0 Å². The maximum atomic E-state index is 10.2. The van der Waals surface area contributed by atoms with Crippen LogP contribution in [0.1, 0.15) is 10.6 Å². The van der Waals surface area contributed by atoms with Crippen LogP contribution in [0.5, 0.6) is 11.5 Å². The van der Waals surface area contributed by atoms with Crippen LogP contribution in [0.25, 0.3) is 0 Å². The van der Waals surface area contributed by atoms with Gasteiger partial charge in [-0.2, -0.15) is 0 Å². The third-order valence-electron chi connectivity index (χ3n) is 1.15. The van der Waals surface area contributed by atoms with Crippen LogP contribution >= 0.6 is 0 Å². The first-order valence-corrected chi connectivity index (χ1v) is 2.74. The molecule has 60 valence electrons. The highest BCUT2D eigenvalue weighted by Gasteiger charge is 2.18. The molecule has 0 aliphatic carbocycles. The molecule has 0 amide bonds. The van der Waals surface area contributed by atoms with Crippen LogP contribution < -0.4 is 4.74 Å². The Morgan fingerprint density at radius 2 is 2.36 bits per heavy atom. The van der Waals surface area contributed by atoms with Gasteiger partial charge in [0, 0.05) is 0 Å². The van der Waals surface area contributed by atoms with E-state index in [-0.39, 0.29) is 5.75 Å². The number of rotatable bonds is 2. The molecule has 0 unspecified atom stereocenters. The van der Waals surface area contributed by atoms with Gasteiger partial charge in [-0.25, -0.2) is 4.79 Å². The van der Waals surface area contributed by atoms with Crippen LogP contribution in [-0.4, -0.2) is 23.3 Å². The minimum absolute atomic E-state index is 0.0161. The highest BCUT2D eigenvalue weighted by Crippen LogP contribution is 2.31. The van der Waals surface area contributed by atoms with Crippen LogP contribution in [0.15, 0.2) is 10.7 Å². The van der Waals surface area contributed by atoms with Crippen LogP contribution in [0, 0.1) is 0 Å². The number of carboxylic acid groups (broad SMARTS) is 1. The van der Waals surface area contributed by atoms with E-state index in [9.17, 15) is 4.79 Å². The van der Waals surface area contributed by atoms with E-state index in [2.05, 4.69) is 9.15 Å². The summed E-state index contributed by atoms with van der Waals surface area (Å²) in [5.74, 6) is -2.31. The van der Waals surface area contributed by atoms with E-state index in [1.807, 2.05) is 0 Å². The number of methoxy groups -OCH3 is 1. The molecule has 0 bridgehead atoms. The zero-order valence-corrected chi connectivity index (χ0v) is 5.70. The van der Waals surface area contributed by atoms with Crippen molar-refractivity contribution in [2.75, 3.05) is 7.11 Å². The van der Waals surface area contributed by atoms with Crippen molar-refractivity contribution in [2.45, 2.75) is 0 Å². The standard InChI is InChI=1S/C6H6O5/c1-10-3-2-11-5(4(3)7)6(8)9/h2,7H,1H3,(H,8,9). The second kappa shape index (κ2) is 2.53. The lowest BCUT2D eigenvalue weighted by molar-refractivity contribution is 0.0658. The Bertz CT molecular complexity index is 275. The summed E-state index contributed by atoms with van der Waals surface area (Å²) in [6, 6.07) is 0. The molecule has 0 radical (unpaired) electrons. The lowest BCUT2D eigenvalue weighted by atomic mass is 10.4. The summed E-state index contributed by atoms with van der Waals surface area (Å²) in [5, 5.41) is 17.4. The molecule has 2 N–H and O–H groups in total. The van der Waals surface area contributed by atoms with Crippen LogP contribution in [0.4, 0.5) is 0 Å². The lowest BCUT2D eigenvalue weighted by Gasteiger charge is -1.92. The quantitative estimate of drug-likeness (QED) is 0.661. The van der Waals surface area contributed by atoms with Gasteiger partial charge < -0.3 is 19.4 Å². The molecule has 0 spiro atoms. The Morgan fingerprint density at radius 3 is 2.64 bits per heavy atom. The van der Waals surface area contributed by atoms with Gasteiger partial charge in [0.1, 0.15) is 6.26 Å². The zero-order valence-electron chi connectivity index (χ0n) is 5.70. The SMILES string of the molecule is COc1coc(C(=O)O)c1O. The number of aromatic hydroxyl groups is 1. The number of carboxylic acids is 1. The average Bonchev–Trinajstić information content (AvgIpc) is 2.30. The van der Waals surface area contributed by atoms with E-state index >= 15 is 0 Å². The molecule has 0 saturated carbocycles. The normalized spacial score (nSPS) is 9.55. The molecule has 1 rings (SSSR count). The fraction of sp³-hybridized carbons (Fsp3) is 0.167. The molecule has 11 heavy (non-hydrogen) atoms. The number of aromatic carboxylic acids is 1. The van der Waals surface area contributed by atoms with Gasteiger partial charge in [0.05, 0.1) is 7.11 Å². The molecule has 1 aromatic rings. The first-order chi connectivity index (χ1) is 5.16. The maximum absolute atomic E-state index is 10.2. The van der Waals surface area contributed by atoms with Crippen molar-refractivity contribution in [3.63, 3.8) is 0 Å². The number of carbonyl (C=O) groups is 1. The third-order valence-corrected chi connectivity index (χ3v) is 1.15. The fourth-order valence-corrected chi connectivity index (χ4v) is 0.632. The minimum atomic E-state index is -1.33. The highest BCUT2D eigenvalue weighted by atomic mass is 16.5. The summed E-state index contributed by atoms with van der Waals surface area (Å²) in [5.41, 5.74) is 0. The molecule has 0 saturated heterocycles. The largest absolute Gasteiger partial charge is 0.501 e. The Hall–Kier alpha value is -1.65.